The summed E-state index contributed by atoms with van der Waals surface area (Å²) >= 11 is 0. The maximum absolute atomic E-state index is 10.8. The highest BCUT2D eigenvalue weighted by Crippen LogP contribution is 2.27. The molecule has 0 aliphatic carbocycles. The van der Waals surface area contributed by atoms with Gasteiger partial charge in [0, 0.05) is 11.6 Å². The summed E-state index contributed by atoms with van der Waals surface area (Å²) in [5.41, 5.74) is 0.554. The van der Waals surface area contributed by atoms with Crippen molar-refractivity contribution in [1.29, 1.82) is 0 Å². The van der Waals surface area contributed by atoms with Gasteiger partial charge in [-0.15, -0.1) is 0 Å². The maximum Gasteiger partial charge on any atom is 0.330 e. The number of hydrogen-bond donors (Lipinski definition) is 0. The molecule has 1 aromatic rings. The Bertz CT molecular complexity index is 496. The molecule has 0 spiro atoms. The Kier molecular flexibility index (Phi) is 8.42. The van der Waals surface area contributed by atoms with Gasteiger partial charge in [-0.25, -0.2) is 4.79 Å². The molecule has 0 heterocycles. The van der Waals surface area contributed by atoms with Gasteiger partial charge in [0.1, 0.15) is 6.29 Å². The standard InChI is InChI=1S/C17H22O5/c1-3-17(19)22-11-7-5-4-6-10-21-15-9-8-14(13-18)12-16(15)20-2/h3,8-9,12-13H,1,4-7,10-11H2,2H3. The van der Waals surface area contributed by atoms with Crippen LogP contribution < -0.4 is 9.47 Å². The topological polar surface area (TPSA) is 61.8 Å². The Hall–Kier alpha value is -2.30. The van der Waals surface area contributed by atoms with Crippen LogP contribution in [0.2, 0.25) is 0 Å². The molecule has 5 heteroatoms. The molecule has 0 unspecified atom stereocenters. The molecule has 0 N–H and O–H groups in total. The van der Waals surface area contributed by atoms with E-state index < -0.39 is 0 Å². The number of aldehydes is 1. The van der Waals surface area contributed by atoms with Gasteiger partial charge in [-0.05, 0) is 43.9 Å². The fraction of sp³-hybridized carbons (Fsp3) is 0.412. The average Bonchev–Trinajstić information content (AvgIpc) is 2.56. The Balaban J connectivity index is 2.18. The lowest BCUT2D eigenvalue weighted by atomic mass is 10.2. The van der Waals surface area contributed by atoms with Crippen LogP contribution in [0.5, 0.6) is 11.5 Å². The van der Waals surface area contributed by atoms with Crippen LogP contribution in [0, 0.1) is 0 Å². The third-order valence-corrected chi connectivity index (χ3v) is 3.03. The highest BCUT2D eigenvalue weighted by Gasteiger charge is 2.05. The SMILES string of the molecule is C=CC(=O)OCCCCCCOc1ccc(C=O)cc1OC. The Morgan fingerprint density at radius 3 is 2.50 bits per heavy atom. The van der Waals surface area contributed by atoms with Crippen LogP contribution in [-0.2, 0) is 9.53 Å². The molecular formula is C17H22O5. The molecule has 0 aromatic heterocycles. The molecule has 0 saturated carbocycles. The highest BCUT2D eigenvalue weighted by atomic mass is 16.5. The third kappa shape index (κ3) is 6.43. The van der Waals surface area contributed by atoms with Gasteiger partial charge in [0.05, 0.1) is 20.3 Å². The molecule has 120 valence electrons. The summed E-state index contributed by atoms with van der Waals surface area (Å²) in [6.45, 7) is 4.33. The van der Waals surface area contributed by atoms with Gasteiger partial charge in [-0.2, -0.15) is 0 Å². The van der Waals surface area contributed by atoms with E-state index in [9.17, 15) is 9.59 Å². The van der Waals surface area contributed by atoms with Crippen LogP contribution in [-0.4, -0.2) is 32.6 Å². The van der Waals surface area contributed by atoms with E-state index in [-0.39, 0.29) is 5.97 Å². The Labute approximate surface area is 130 Å². The number of ether oxygens (including phenoxy) is 3. The molecule has 0 aliphatic rings. The van der Waals surface area contributed by atoms with E-state index in [0.29, 0.717) is 30.3 Å². The van der Waals surface area contributed by atoms with Crippen molar-refractivity contribution in [3.8, 4) is 11.5 Å². The van der Waals surface area contributed by atoms with E-state index in [0.717, 1.165) is 38.0 Å². The zero-order chi connectivity index (χ0) is 16.2. The molecule has 0 atom stereocenters. The Morgan fingerprint density at radius 1 is 1.14 bits per heavy atom. The van der Waals surface area contributed by atoms with Gasteiger partial charge in [0.2, 0.25) is 0 Å². The number of methoxy groups -OCH3 is 1. The second kappa shape index (κ2) is 10.4. The number of benzene rings is 1. The van der Waals surface area contributed by atoms with Crippen molar-refractivity contribution in [3.63, 3.8) is 0 Å². The molecule has 0 fully saturated rings. The number of hydrogen-bond acceptors (Lipinski definition) is 5. The molecule has 0 radical (unpaired) electrons. The molecule has 0 aliphatic heterocycles. The quantitative estimate of drug-likeness (QED) is 0.272. The first-order valence-corrected chi connectivity index (χ1v) is 7.26. The van der Waals surface area contributed by atoms with Crippen LogP contribution in [0.15, 0.2) is 30.9 Å². The van der Waals surface area contributed by atoms with E-state index in [4.69, 9.17) is 14.2 Å². The molecular weight excluding hydrogens is 284 g/mol. The number of carbonyl (C=O) groups excluding carboxylic acids is 2. The van der Waals surface area contributed by atoms with Crippen LogP contribution >= 0.6 is 0 Å². The normalized spacial score (nSPS) is 9.86. The number of carbonyl (C=O) groups is 2. The van der Waals surface area contributed by atoms with E-state index in [1.54, 1.807) is 25.3 Å². The summed E-state index contributed by atoms with van der Waals surface area (Å²) in [4.78, 5) is 21.5. The lowest BCUT2D eigenvalue weighted by Gasteiger charge is -2.11. The zero-order valence-corrected chi connectivity index (χ0v) is 12.9. The molecule has 0 amide bonds. The predicted octanol–water partition coefficient (Wildman–Crippen LogP) is 3.18. The second-order valence-corrected chi connectivity index (χ2v) is 4.66. The van der Waals surface area contributed by atoms with Crippen LogP contribution in [0.3, 0.4) is 0 Å². The first-order valence-electron chi connectivity index (χ1n) is 7.26. The molecule has 0 bridgehead atoms. The highest BCUT2D eigenvalue weighted by molar-refractivity contribution is 5.81. The fourth-order valence-electron chi connectivity index (χ4n) is 1.85. The molecule has 1 aromatic carbocycles. The summed E-state index contributed by atoms with van der Waals surface area (Å²) in [5.74, 6) is 0.808. The van der Waals surface area contributed by atoms with Gasteiger partial charge >= 0.3 is 5.97 Å². The zero-order valence-electron chi connectivity index (χ0n) is 12.9. The molecule has 5 nitrogen and oxygen atoms in total. The van der Waals surface area contributed by atoms with Crippen molar-refractivity contribution < 1.29 is 23.8 Å². The minimum Gasteiger partial charge on any atom is -0.493 e. The average molecular weight is 306 g/mol. The second-order valence-electron chi connectivity index (χ2n) is 4.66. The summed E-state index contributed by atoms with van der Waals surface area (Å²) in [7, 11) is 1.54. The van der Waals surface area contributed by atoms with Gasteiger partial charge < -0.3 is 14.2 Å². The van der Waals surface area contributed by atoms with E-state index in [2.05, 4.69) is 6.58 Å². The van der Waals surface area contributed by atoms with Crippen LogP contribution in [0.4, 0.5) is 0 Å². The summed E-state index contributed by atoms with van der Waals surface area (Å²) in [6.07, 6.45) is 5.61. The van der Waals surface area contributed by atoms with Crippen molar-refractivity contribution in [2.75, 3.05) is 20.3 Å². The van der Waals surface area contributed by atoms with Crippen LogP contribution in [0.25, 0.3) is 0 Å². The van der Waals surface area contributed by atoms with Crippen molar-refractivity contribution in [1.82, 2.24) is 0 Å². The van der Waals surface area contributed by atoms with Gasteiger partial charge in [0.15, 0.2) is 11.5 Å². The molecule has 22 heavy (non-hydrogen) atoms. The monoisotopic (exact) mass is 306 g/mol. The van der Waals surface area contributed by atoms with Crippen molar-refractivity contribution >= 4 is 12.3 Å². The molecule has 0 saturated heterocycles. The van der Waals surface area contributed by atoms with E-state index >= 15 is 0 Å². The van der Waals surface area contributed by atoms with Crippen molar-refractivity contribution in [2.24, 2.45) is 0 Å². The third-order valence-electron chi connectivity index (χ3n) is 3.03. The summed E-state index contributed by atoms with van der Waals surface area (Å²) in [6, 6.07) is 5.08. The van der Waals surface area contributed by atoms with E-state index in [1.807, 2.05) is 0 Å². The van der Waals surface area contributed by atoms with Crippen molar-refractivity contribution in [2.45, 2.75) is 25.7 Å². The first kappa shape index (κ1) is 17.8. The summed E-state index contributed by atoms with van der Waals surface area (Å²) < 4.78 is 15.7. The number of rotatable bonds is 11. The number of esters is 1. The lowest BCUT2D eigenvalue weighted by Crippen LogP contribution is -2.02. The van der Waals surface area contributed by atoms with E-state index in [1.165, 1.54) is 0 Å². The maximum atomic E-state index is 10.8. The largest absolute Gasteiger partial charge is 0.493 e. The van der Waals surface area contributed by atoms with Crippen molar-refractivity contribution in [3.05, 3.63) is 36.4 Å². The van der Waals surface area contributed by atoms with Crippen LogP contribution in [0.1, 0.15) is 36.0 Å². The minimum absolute atomic E-state index is 0.380. The summed E-state index contributed by atoms with van der Waals surface area (Å²) in [5, 5.41) is 0. The fourth-order valence-corrected chi connectivity index (χ4v) is 1.85. The van der Waals surface area contributed by atoms with Gasteiger partial charge in [-0.3, -0.25) is 4.79 Å². The van der Waals surface area contributed by atoms with Gasteiger partial charge in [0.25, 0.3) is 0 Å². The Morgan fingerprint density at radius 2 is 1.86 bits per heavy atom. The van der Waals surface area contributed by atoms with Gasteiger partial charge in [-0.1, -0.05) is 6.58 Å². The molecule has 1 rings (SSSR count). The number of unbranched alkanes of at least 4 members (excludes halogenated alkanes) is 3. The minimum atomic E-state index is -0.380. The predicted molar refractivity (Wildman–Crippen MR) is 83.5 cm³/mol. The smallest absolute Gasteiger partial charge is 0.330 e. The lowest BCUT2D eigenvalue weighted by molar-refractivity contribution is -0.137. The first-order chi connectivity index (χ1) is 10.7.